The number of nitrogens with one attached hydrogen (secondary N) is 1. The van der Waals surface area contributed by atoms with Crippen molar-refractivity contribution in [1.82, 2.24) is 5.32 Å². The molecule has 0 fully saturated rings. The number of hydrogen-bond acceptors (Lipinski definition) is 2. The highest BCUT2D eigenvalue weighted by molar-refractivity contribution is 14.1. The van der Waals surface area contributed by atoms with Gasteiger partial charge >= 0.3 is 0 Å². The van der Waals surface area contributed by atoms with E-state index in [1.807, 2.05) is 29.5 Å². The number of aliphatic hydroxyl groups is 1. The van der Waals surface area contributed by atoms with E-state index in [1.54, 1.807) is 19.1 Å². The van der Waals surface area contributed by atoms with Gasteiger partial charge in [0.15, 0.2) is 0 Å². The summed E-state index contributed by atoms with van der Waals surface area (Å²) in [4.78, 5) is 12.2. The Kier molecular flexibility index (Phi) is 5.70. The number of amides is 1. The van der Waals surface area contributed by atoms with Crippen molar-refractivity contribution in [2.75, 3.05) is 6.61 Å². The van der Waals surface area contributed by atoms with Crippen LogP contribution in [0.25, 0.3) is 0 Å². The molecule has 0 aliphatic carbocycles. The molecule has 100 valence electrons. The van der Waals surface area contributed by atoms with Crippen molar-refractivity contribution >= 4 is 51.7 Å². The van der Waals surface area contributed by atoms with E-state index in [4.69, 9.17) is 23.2 Å². The van der Waals surface area contributed by atoms with Gasteiger partial charge in [-0.1, -0.05) is 30.1 Å². The van der Waals surface area contributed by atoms with E-state index in [-0.39, 0.29) is 12.5 Å². The molecular weight excluding hydrogens is 388 g/mol. The van der Waals surface area contributed by atoms with Crippen LogP contribution in [0, 0.1) is 3.57 Å². The maximum absolute atomic E-state index is 12.2. The Hall–Kier alpha value is -0.0400. The first kappa shape index (κ1) is 16.0. The highest BCUT2D eigenvalue weighted by atomic mass is 127. The summed E-state index contributed by atoms with van der Waals surface area (Å²) in [5, 5.41) is 12.9. The summed E-state index contributed by atoms with van der Waals surface area (Å²) in [7, 11) is 0. The molecule has 1 aromatic carbocycles. The molecule has 0 aliphatic rings. The van der Waals surface area contributed by atoms with E-state index < -0.39 is 5.54 Å². The number of carbonyl (C=O) groups excluding carboxylic acids is 1. The predicted molar refractivity (Wildman–Crippen MR) is 82.4 cm³/mol. The van der Waals surface area contributed by atoms with E-state index in [2.05, 4.69) is 5.32 Å². The minimum Gasteiger partial charge on any atom is -0.394 e. The number of hydrogen-bond donors (Lipinski definition) is 2. The van der Waals surface area contributed by atoms with Crippen molar-refractivity contribution in [1.29, 1.82) is 0 Å². The summed E-state index contributed by atoms with van der Waals surface area (Å²) in [6, 6.07) is 3.16. The molecule has 0 saturated heterocycles. The molecule has 2 N–H and O–H groups in total. The Morgan fingerprint density at radius 3 is 2.61 bits per heavy atom. The molecule has 0 aliphatic heterocycles. The second kappa shape index (κ2) is 6.41. The third-order valence-corrected chi connectivity index (χ3v) is 4.78. The van der Waals surface area contributed by atoms with E-state index in [9.17, 15) is 9.90 Å². The lowest BCUT2D eigenvalue weighted by molar-refractivity contribution is 0.0846. The third kappa shape index (κ3) is 3.73. The van der Waals surface area contributed by atoms with Crippen LogP contribution >= 0.6 is 45.8 Å². The predicted octanol–water partition coefficient (Wildman–Crippen LogP) is 3.49. The number of rotatable bonds is 4. The topological polar surface area (TPSA) is 49.3 Å². The fourth-order valence-corrected chi connectivity index (χ4v) is 2.35. The second-order valence-electron chi connectivity index (χ2n) is 4.28. The van der Waals surface area contributed by atoms with Gasteiger partial charge in [0.05, 0.1) is 22.7 Å². The van der Waals surface area contributed by atoms with Crippen LogP contribution in [0.15, 0.2) is 12.1 Å². The van der Waals surface area contributed by atoms with Crippen molar-refractivity contribution < 1.29 is 9.90 Å². The zero-order chi connectivity index (χ0) is 13.9. The van der Waals surface area contributed by atoms with Crippen LogP contribution in [0.5, 0.6) is 0 Å². The van der Waals surface area contributed by atoms with E-state index in [1.165, 1.54) is 0 Å². The molecule has 0 radical (unpaired) electrons. The Balaban J connectivity index is 3.05. The standard InChI is InChI=1S/C12H14Cl2INO2/c1-3-12(2,6-17)16-11(18)8-4-7(13)5-9(14)10(8)15/h4-5,17H,3,6H2,1-2H3,(H,16,18). The first-order valence-electron chi connectivity index (χ1n) is 5.41. The van der Waals surface area contributed by atoms with Crippen molar-refractivity contribution in [3.63, 3.8) is 0 Å². The number of aliphatic hydroxyl groups excluding tert-OH is 1. The highest BCUT2D eigenvalue weighted by Crippen LogP contribution is 2.27. The van der Waals surface area contributed by atoms with E-state index in [0.717, 1.165) is 0 Å². The summed E-state index contributed by atoms with van der Waals surface area (Å²) in [6.45, 7) is 3.55. The van der Waals surface area contributed by atoms with Crippen LogP contribution in [0.2, 0.25) is 10.0 Å². The SMILES string of the molecule is CCC(C)(CO)NC(=O)c1cc(Cl)cc(Cl)c1I. The average molecular weight is 402 g/mol. The molecule has 6 heteroatoms. The first-order chi connectivity index (χ1) is 8.33. The number of benzene rings is 1. The van der Waals surface area contributed by atoms with Crippen LogP contribution in [-0.4, -0.2) is 23.2 Å². The van der Waals surface area contributed by atoms with Gasteiger partial charge in [-0.05, 0) is 48.1 Å². The summed E-state index contributed by atoms with van der Waals surface area (Å²) >= 11 is 13.9. The van der Waals surface area contributed by atoms with Crippen molar-refractivity contribution in [3.8, 4) is 0 Å². The zero-order valence-electron chi connectivity index (χ0n) is 10.1. The van der Waals surface area contributed by atoms with Crippen molar-refractivity contribution in [3.05, 3.63) is 31.3 Å². The van der Waals surface area contributed by atoms with Gasteiger partial charge in [-0.2, -0.15) is 0 Å². The molecule has 0 bridgehead atoms. The molecule has 0 aromatic heterocycles. The van der Waals surface area contributed by atoms with Gasteiger partial charge in [0.25, 0.3) is 5.91 Å². The molecule has 1 rings (SSSR count). The van der Waals surface area contributed by atoms with Gasteiger partial charge in [0.2, 0.25) is 0 Å². The Bertz CT molecular complexity index is 462. The minimum atomic E-state index is -0.644. The lowest BCUT2D eigenvalue weighted by Gasteiger charge is -2.27. The fraction of sp³-hybridized carbons (Fsp3) is 0.417. The van der Waals surface area contributed by atoms with Gasteiger partial charge in [0, 0.05) is 8.59 Å². The molecule has 1 amide bonds. The molecule has 0 saturated carbocycles. The second-order valence-corrected chi connectivity index (χ2v) is 6.20. The minimum absolute atomic E-state index is 0.125. The monoisotopic (exact) mass is 401 g/mol. The summed E-state index contributed by atoms with van der Waals surface area (Å²) in [5.41, 5.74) is -0.226. The molecule has 1 aromatic rings. The van der Waals surface area contributed by atoms with Gasteiger partial charge in [-0.25, -0.2) is 0 Å². The quantitative estimate of drug-likeness (QED) is 0.599. The van der Waals surface area contributed by atoms with Crippen LogP contribution in [0.3, 0.4) is 0 Å². The number of carbonyl (C=O) groups is 1. The lowest BCUT2D eigenvalue weighted by Crippen LogP contribution is -2.48. The lowest BCUT2D eigenvalue weighted by atomic mass is 9.99. The maximum Gasteiger partial charge on any atom is 0.252 e. The third-order valence-electron chi connectivity index (χ3n) is 2.78. The van der Waals surface area contributed by atoms with E-state index in [0.29, 0.717) is 25.6 Å². The summed E-state index contributed by atoms with van der Waals surface area (Å²) < 4.78 is 0.646. The molecule has 0 spiro atoms. The van der Waals surface area contributed by atoms with Crippen molar-refractivity contribution in [2.45, 2.75) is 25.8 Å². The molecular formula is C12H14Cl2INO2. The van der Waals surface area contributed by atoms with Crippen LogP contribution in [0.1, 0.15) is 30.6 Å². The van der Waals surface area contributed by atoms with Gasteiger partial charge in [0.1, 0.15) is 0 Å². The molecule has 3 nitrogen and oxygen atoms in total. The summed E-state index contributed by atoms with van der Waals surface area (Å²) in [5.74, 6) is -0.290. The van der Waals surface area contributed by atoms with Crippen molar-refractivity contribution in [2.24, 2.45) is 0 Å². The van der Waals surface area contributed by atoms with E-state index >= 15 is 0 Å². The first-order valence-corrected chi connectivity index (χ1v) is 7.24. The summed E-state index contributed by atoms with van der Waals surface area (Å²) in [6.07, 6.45) is 0.625. The number of halogens is 3. The molecule has 1 unspecified atom stereocenters. The maximum atomic E-state index is 12.2. The Labute approximate surface area is 130 Å². The molecule has 0 heterocycles. The zero-order valence-corrected chi connectivity index (χ0v) is 13.7. The fourth-order valence-electron chi connectivity index (χ4n) is 1.30. The van der Waals surface area contributed by atoms with Crippen LogP contribution < -0.4 is 5.32 Å². The van der Waals surface area contributed by atoms with Crippen LogP contribution in [-0.2, 0) is 0 Å². The van der Waals surface area contributed by atoms with Gasteiger partial charge in [-0.3, -0.25) is 4.79 Å². The largest absolute Gasteiger partial charge is 0.394 e. The molecule has 1 atom stereocenters. The van der Waals surface area contributed by atoms with Gasteiger partial charge < -0.3 is 10.4 Å². The Morgan fingerprint density at radius 1 is 1.50 bits per heavy atom. The normalized spacial score (nSPS) is 14.1. The Morgan fingerprint density at radius 2 is 2.11 bits per heavy atom. The highest BCUT2D eigenvalue weighted by Gasteiger charge is 2.25. The van der Waals surface area contributed by atoms with Gasteiger partial charge in [-0.15, -0.1) is 0 Å². The molecule has 18 heavy (non-hydrogen) atoms. The average Bonchev–Trinajstić information content (AvgIpc) is 2.33. The smallest absolute Gasteiger partial charge is 0.252 e. The van der Waals surface area contributed by atoms with Crippen LogP contribution in [0.4, 0.5) is 0 Å².